The molecule has 0 saturated carbocycles. The van der Waals surface area contributed by atoms with Gasteiger partial charge in [-0.1, -0.05) is 24.6 Å². The van der Waals surface area contributed by atoms with Crippen LogP contribution in [0.3, 0.4) is 0 Å². The summed E-state index contributed by atoms with van der Waals surface area (Å²) in [6.45, 7) is 1.83. The summed E-state index contributed by atoms with van der Waals surface area (Å²) >= 11 is 5.66. The van der Waals surface area contributed by atoms with Crippen molar-refractivity contribution in [2.24, 2.45) is 5.92 Å². The van der Waals surface area contributed by atoms with Crippen LogP contribution in [0.1, 0.15) is 12.5 Å². The molecule has 0 saturated heterocycles. The highest BCUT2D eigenvalue weighted by atomic mass is 35.5. The number of carbonyl (C=O) groups excluding carboxylic acids is 1. The molecule has 2 N–H and O–H groups in total. The highest BCUT2D eigenvalue weighted by Gasteiger charge is 2.18. The maximum Gasteiger partial charge on any atom is 0.322 e. The third kappa shape index (κ3) is 4.93. The van der Waals surface area contributed by atoms with Gasteiger partial charge in [0.1, 0.15) is 11.6 Å². The van der Waals surface area contributed by atoms with E-state index in [-0.39, 0.29) is 18.1 Å². The van der Waals surface area contributed by atoms with E-state index in [0.717, 1.165) is 0 Å². The van der Waals surface area contributed by atoms with Crippen LogP contribution in [-0.2, 0) is 11.3 Å². The topological polar surface area (TPSA) is 87.5 Å². The molecule has 134 valence electrons. The van der Waals surface area contributed by atoms with Gasteiger partial charge in [0.05, 0.1) is 23.7 Å². The molecule has 1 unspecified atom stereocenters. The Labute approximate surface area is 149 Å². The van der Waals surface area contributed by atoms with E-state index < -0.39 is 23.7 Å². The van der Waals surface area contributed by atoms with E-state index in [2.05, 4.69) is 10.4 Å². The number of carboxylic acid groups (broad SMARTS) is 1. The normalized spacial score (nSPS) is 11.8. The molecule has 9 heteroatoms. The lowest BCUT2D eigenvalue weighted by Crippen LogP contribution is -2.37. The third-order valence-electron chi connectivity index (χ3n) is 3.58. The number of aliphatic carboxylic acids is 1. The van der Waals surface area contributed by atoms with Crippen molar-refractivity contribution in [1.82, 2.24) is 14.7 Å². The number of aromatic nitrogens is 2. The second-order valence-electron chi connectivity index (χ2n) is 5.67. The van der Waals surface area contributed by atoms with Crippen molar-refractivity contribution in [2.45, 2.75) is 13.5 Å². The van der Waals surface area contributed by atoms with Crippen LogP contribution < -0.4 is 5.32 Å². The smallest absolute Gasteiger partial charge is 0.322 e. The van der Waals surface area contributed by atoms with Gasteiger partial charge < -0.3 is 10.0 Å². The van der Waals surface area contributed by atoms with Gasteiger partial charge in [-0.15, -0.1) is 0 Å². The van der Waals surface area contributed by atoms with Gasteiger partial charge in [-0.05, 0) is 17.7 Å². The first-order valence-electron chi connectivity index (χ1n) is 7.48. The van der Waals surface area contributed by atoms with E-state index in [4.69, 9.17) is 16.7 Å². The Balaban J connectivity index is 2.04. The first-order valence-corrected chi connectivity index (χ1v) is 7.86. The molecule has 0 aliphatic rings. The van der Waals surface area contributed by atoms with Gasteiger partial charge in [-0.3, -0.25) is 10.1 Å². The molecule has 1 heterocycles. The Morgan fingerprint density at radius 1 is 1.44 bits per heavy atom. The zero-order chi connectivity index (χ0) is 18.6. The largest absolute Gasteiger partial charge is 0.481 e. The fourth-order valence-corrected chi connectivity index (χ4v) is 2.27. The van der Waals surface area contributed by atoms with Gasteiger partial charge in [0.2, 0.25) is 0 Å². The molecule has 0 radical (unpaired) electrons. The predicted octanol–water partition coefficient (Wildman–Crippen LogP) is 2.91. The molecular weight excluding hydrogens is 351 g/mol. The van der Waals surface area contributed by atoms with Crippen LogP contribution in [0.25, 0.3) is 0 Å². The molecule has 0 aliphatic heterocycles. The van der Waals surface area contributed by atoms with Gasteiger partial charge in [0, 0.05) is 19.7 Å². The van der Waals surface area contributed by atoms with Crippen molar-refractivity contribution in [1.29, 1.82) is 0 Å². The number of benzene rings is 1. The summed E-state index contributed by atoms with van der Waals surface area (Å²) in [4.78, 5) is 24.3. The molecular formula is C16H18ClFN4O3. The summed E-state index contributed by atoms with van der Waals surface area (Å²) < 4.78 is 15.0. The second-order valence-corrected chi connectivity index (χ2v) is 6.08. The number of urea groups is 1. The summed E-state index contributed by atoms with van der Waals surface area (Å²) in [5.74, 6) is -1.78. The monoisotopic (exact) mass is 368 g/mol. The van der Waals surface area contributed by atoms with E-state index in [1.54, 1.807) is 12.1 Å². The second kappa shape index (κ2) is 7.98. The molecule has 2 aromatic rings. The Morgan fingerprint density at radius 2 is 2.16 bits per heavy atom. The minimum absolute atomic E-state index is 0.0342. The van der Waals surface area contributed by atoms with E-state index in [1.165, 1.54) is 41.9 Å². The van der Waals surface area contributed by atoms with Crippen LogP contribution in [0.15, 0.2) is 30.5 Å². The van der Waals surface area contributed by atoms with Crippen LogP contribution in [0, 0.1) is 11.7 Å². The summed E-state index contributed by atoms with van der Waals surface area (Å²) in [5, 5.41) is 15.7. The lowest BCUT2D eigenvalue weighted by molar-refractivity contribution is -0.141. The standard InChI is InChI=1S/C16H18ClFN4O3/c1-10(15(23)24)8-21(2)16(25)20-14-5-6-19-22(14)9-11-3-4-12(17)13(18)7-11/h3-7,10H,8-9H2,1-2H3,(H,20,25)(H,23,24). The molecule has 7 nitrogen and oxygen atoms in total. The molecule has 1 aromatic carbocycles. The number of rotatable bonds is 6. The minimum Gasteiger partial charge on any atom is -0.481 e. The van der Waals surface area contributed by atoms with Gasteiger partial charge in [0.25, 0.3) is 0 Å². The maximum absolute atomic E-state index is 13.5. The van der Waals surface area contributed by atoms with Crippen molar-refractivity contribution in [2.75, 3.05) is 18.9 Å². The zero-order valence-corrected chi connectivity index (χ0v) is 14.5. The molecule has 2 amide bonds. The highest BCUT2D eigenvalue weighted by Crippen LogP contribution is 2.17. The molecule has 1 atom stereocenters. The van der Waals surface area contributed by atoms with Crippen LogP contribution >= 0.6 is 11.6 Å². The fraction of sp³-hybridized carbons (Fsp3) is 0.312. The lowest BCUT2D eigenvalue weighted by Gasteiger charge is -2.20. The number of nitrogens with zero attached hydrogens (tertiary/aromatic N) is 3. The number of nitrogens with one attached hydrogen (secondary N) is 1. The van der Waals surface area contributed by atoms with Gasteiger partial charge in [0.15, 0.2) is 0 Å². The molecule has 0 aliphatic carbocycles. The average Bonchev–Trinajstić information content (AvgIpc) is 2.97. The molecule has 0 fully saturated rings. The number of amides is 2. The number of hydrogen-bond donors (Lipinski definition) is 2. The van der Waals surface area contributed by atoms with E-state index in [9.17, 15) is 14.0 Å². The van der Waals surface area contributed by atoms with Crippen molar-refractivity contribution in [3.05, 3.63) is 46.9 Å². The highest BCUT2D eigenvalue weighted by molar-refractivity contribution is 6.30. The Bertz CT molecular complexity index is 780. The summed E-state index contributed by atoms with van der Waals surface area (Å²) in [5.41, 5.74) is 0.633. The van der Waals surface area contributed by atoms with E-state index in [0.29, 0.717) is 11.4 Å². The third-order valence-corrected chi connectivity index (χ3v) is 3.89. The van der Waals surface area contributed by atoms with Crippen LogP contribution in [0.5, 0.6) is 0 Å². The van der Waals surface area contributed by atoms with Crippen molar-refractivity contribution >= 4 is 29.4 Å². The first-order chi connectivity index (χ1) is 11.8. The predicted molar refractivity (Wildman–Crippen MR) is 91.2 cm³/mol. The van der Waals surface area contributed by atoms with Crippen LogP contribution in [-0.4, -0.2) is 45.4 Å². The molecule has 1 aromatic heterocycles. The van der Waals surface area contributed by atoms with Crippen LogP contribution in [0.2, 0.25) is 5.02 Å². The first kappa shape index (κ1) is 18.7. The molecule has 0 bridgehead atoms. The number of anilines is 1. The fourth-order valence-electron chi connectivity index (χ4n) is 2.15. The quantitative estimate of drug-likeness (QED) is 0.820. The zero-order valence-electron chi connectivity index (χ0n) is 13.7. The minimum atomic E-state index is -0.977. The molecule has 2 rings (SSSR count). The molecule has 25 heavy (non-hydrogen) atoms. The van der Waals surface area contributed by atoms with Crippen molar-refractivity contribution in [3.8, 4) is 0 Å². The molecule has 0 spiro atoms. The van der Waals surface area contributed by atoms with E-state index in [1.807, 2.05) is 0 Å². The summed E-state index contributed by atoms with van der Waals surface area (Å²) in [6, 6.07) is 5.56. The number of halogens is 2. The SMILES string of the molecule is CC(CN(C)C(=O)Nc1ccnn1Cc1ccc(Cl)c(F)c1)C(=O)O. The van der Waals surface area contributed by atoms with Gasteiger partial charge in [-0.2, -0.15) is 5.10 Å². The van der Waals surface area contributed by atoms with Gasteiger partial charge in [-0.25, -0.2) is 13.9 Å². The Hall–Kier alpha value is -2.61. The number of carboxylic acids is 1. The summed E-state index contributed by atoms with van der Waals surface area (Å²) in [7, 11) is 1.50. The number of hydrogen-bond acceptors (Lipinski definition) is 3. The van der Waals surface area contributed by atoms with Gasteiger partial charge >= 0.3 is 12.0 Å². The number of carbonyl (C=O) groups is 2. The average molecular weight is 369 g/mol. The van der Waals surface area contributed by atoms with E-state index >= 15 is 0 Å². The summed E-state index contributed by atoms with van der Waals surface area (Å²) in [6.07, 6.45) is 1.50. The lowest BCUT2D eigenvalue weighted by atomic mass is 10.2. The Morgan fingerprint density at radius 3 is 2.80 bits per heavy atom. The Kier molecular flexibility index (Phi) is 5.97. The van der Waals surface area contributed by atoms with Crippen LogP contribution in [0.4, 0.5) is 15.0 Å². The maximum atomic E-state index is 13.5. The van der Waals surface area contributed by atoms with Crippen molar-refractivity contribution < 1.29 is 19.1 Å². The van der Waals surface area contributed by atoms with Crippen molar-refractivity contribution in [3.63, 3.8) is 0 Å².